The number of hydrogen-bond donors (Lipinski definition) is 0. The molecule has 0 amide bonds. The maximum Gasteiger partial charge on any atom is 0.0751 e. The average molecular weight is 698 g/mol. The fourth-order valence-electron chi connectivity index (χ4n) is 8.77. The molecule has 1 unspecified atom stereocenters. The molecule has 0 saturated heterocycles. The number of hydrogen-bond acceptors (Lipinski definition) is 2. The lowest BCUT2D eigenvalue weighted by Gasteiger charge is -2.46. The molecule has 8 aromatic carbocycles. The fraction of sp³-hybridized carbons (Fsp3) is 0.0204. The third kappa shape index (κ3) is 4.27. The molecule has 1 atom stereocenters. The molecular weight excluding hydrogens is 667 g/mol. The lowest BCUT2D eigenvalue weighted by Crippen LogP contribution is -2.37. The Morgan fingerprint density at radius 2 is 0.942 bits per heavy atom. The molecule has 2 aliphatic rings. The number of aromatic nitrogens is 1. The molecule has 1 nitrogen and oxygen atoms in total. The van der Waals surface area contributed by atoms with E-state index in [1.54, 1.807) is 0 Å². The molecule has 1 aromatic heterocycles. The van der Waals surface area contributed by atoms with Crippen molar-refractivity contribution in [2.75, 3.05) is 0 Å². The van der Waals surface area contributed by atoms with E-state index in [0.717, 1.165) is 0 Å². The molecule has 0 bridgehead atoms. The second-order valence-corrected chi connectivity index (χ2v) is 15.8. The van der Waals surface area contributed by atoms with Gasteiger partial charge in [0.2, 0.25) is 0 Å². The van der Waals surface area contributed by atoms with Gasteiger partial charge in [0, 0.05) is 36.0 Å². The van der Waals surface area contributed by atoms with Crippen LogP contribution in [0.25, 0.3) is 49.7 Å². The topological polar surface area (TPSA) is 4.93 Å². The first-order chi connectivity index (χ1) is 25.8. The number of fused-ring (bicyclic) bond motifs is 11. The SMILES string of the molecule is c1ccc(-c2cccc3c2C2(c4ccccc4Sc4cc(-c5ccc6c(c5)c5ccccc5n6-c5ccccc5)ccc42)c2ccccc2S3)cc1. The molecule has 9 aromatic rings. The lowest BCUT2D eigenvalue weighted by atomic mass is 9.62. The van der Waals surface area contributed by atoms with Gasteiger partial charge in [-0.25, -0.2) is 0 Å². The molecule has 0 aliphatic carbocycles. The summed E-state index contributed by atoms with van der Waals surface area (Å²) in [5.74, 6) is 0. The molecule has 0 fully saturated rings. The summed E-state index contributed by atoms with van der Waals surface area (Å²) in [5, 5.41) is 2.54. The van der Waals surface area contributed by atoms with Gasteiger partial charge >= 0.3 is 0 Å². The zero-order valence-electron chi connectivity index (χ0n) is 28.2. The minimum Gasteiger partial charge on any atom is -0.309 e. The monoisotopic (exact) mass is 697 g/mol. The van der Waals surface area contributed by atoms with E-state index in [1.807, 2.05) is 23.5 Å². The summed E-state index contributed by atoms with van der Waals surface area (Å²) in [6.45, 7) is 0. The Bertz CT molecular complexity index is 2840. The van der Waals surface area contributed by atoms with Crippen molar-refractivity contribution in [3.63, 3.8) is 0 Å². The molecular formula is C49H31NS2. The summed E-state index contributed by atoms with van der Waals surface area (Å²) >= 11 is 3.81. The van der Waals surface area contributed by atoms with Crippen LogP contribution in [0.2, 0.25) is 0 Å². The Morgan fingerprint density at radius 3 is 1.73 bits per heavy atom. The summed E-state index contributed by atoms with van der Waals surface area (Å²) in [6.07, 6.45) is 0. The largest absolute Gasteiger partial charge is 0.309 e. The normalized spacial score (nSPS) is 15.6. The first kappa shape index (κ1) is 29.9. The van der Waals surface area contributed by atoms with E-state index >= 15 is 0 Å². The predicted octanol–water partition coefficient (Wildman–Crippen LogP) is 13.4. The minimum atomic E-state index is -0.480. The molecule has 244 valence electrons. The molecule has 0 saturated carbocycles. The third-order valence-electron chi connectivity index (χ3n) is 10.9. The van der Waals surface area contributed by atoms with Gasteiger partial charge in [-0.15, -0.1) is 0 Å². The number of para-hydroxylation sites is 2. The van der Waals surface area contributed by atoms with Crippen molar-refractivity contribution in [1.82, 2.24) is 4.57 Å². The van der Waals surface area contributed by atoms with Gasteiger partial charge in [0.15, 0.2) is 0 Å². The second-order valence-electron chi connectivity index (χ2n) is 13.6. The number of benzene rings is 8. The van der Waals surface area contributed by atoms with Crippen LogP contribution in [0.15, 0.2) is 208 Å². The van der Waals surface area contributed by atoms with Crippen molar-refractivity contribution >= 4 is 45.3 Å². The number of nitrogens with zero attached hydrogens (tertiary/aromatic N) is 1. The van der Waals surface area contributed by atoms with E-state index in [2.05, 4.69) is 193 Å². The zero-order valence-corrected chi connectivity index (χ0v) is 29.8. The number of rotatable bonds is 3. The molecule has 1 spiro atoms. The van der Waals surface area contributed by atoms with E-state index < -0.39 is 5.41 Å². The average Bonchev–Trinajstić information content (AvgIpc) is 3.55. The summed E-state index contributed by atoms with van der Waals surface area (Å²) in [6, 6.07) is 69.7. The molecule has 52 heavy (non-hydrogen) atoms. The third-order valence-corrected chi connectivity index (χ3v) is 13.2. The summed E-state index contributed by atoms with van der Waals surface area (Å²) in [4.78, 5) is 5.25. The van der Waals surface area contributed by atoms with Gasteiger partial charge < -0.3 is 4.57 Å². The van der Waals surface area contributed by atoms with Crippen molar-refractivity contribution in [2.24, 2.45) is 0 Å². The van der Waals surface area contributed by atoms with Crippen LogP contribution in [0.4, 0.5) is 0 Å². The van der Waals surface area contributed by atoms with Crippen LogP contribution in [0, 0.1) is 0 Å². The Labute approximate surface area is 311 Å². The van der Waals surface area contributed by atoms with Crippen LogP contribution in [0.1, 0.15) is 22.3 Å². The first-order valence-corrected chi connectivity index (χ1v) is 19.4. The van der Waals surface area contributed by atoms with Crippen molar-refractivity contribution in [3.8, 4) is 27.9 Å². The Hall–Kier alpha value is -5.74. The van der Waals surface area contributed by atoms with E-state index in [-0.39, 0.29) is 0 Å². The Balaban J connectivity index is 1.17. The summed E-state index contributed by atoms with van der Waals surface area (Å²) in [5.41, 5.74) is 13.6. The van der Waals surface area contributed by atoms with Crippen LogP contribution in [-0.2, 0) is 5.41 Å². The van der Waals surface area contributed by atoms with E-state index in [1.165, 1.54) is 91.6 Å². The molecule has 0 radical (unpaired) electrons. The zero-order chi connectivity index (χ0) is 34.2. The molecule has 0 N–H and O–H groups in total. The van der Waals surface area contributed by atoms with Crippen LogP contribution >= 0.6 is 23.5 Å². The maximum atomic E-state index is 2.45. The van der Waals surface area contributed by atoms with Gasteiger partial charge in [0.25, 0.3) is 0 Å². The molecule has 3 heterocycles. The van der Waals surface area contributed by atoms with Gasteiger partial charge in [0.1, 0.15) is 0 Å². The maximum absolute atomic E-state index is 2.45. The smallest absolute Gasteiger partial charge is 0.0751 e. The summed E-state index contributed by atoms with van der Waals surface area (Å²) < 4.78 is 2.39. The van der Waals surface area contributed by atoms with Crippen molar-refractivity contribution in [1.29, 1.82) is 0 Å². The van der Waals surface area contributed by atoms with Gasteiger partial charge in [-0.2, -0.15) is 0 Å². The van der Waals surface area contributed by atoms with E-state index in [4.69, 9.17) is 0 Å². The molecule has 3 heteroatoms. The van der Waals surface area contributed by atoms with Gasteiger partial charge in [-0.3, -0.25) is 0 Å². The van der Waals surface area contributed by atoms with Crippen molar-refractivity contribution in [2.45, 2.75) is 25.0 Å². The van der Waals surface area contributed by atoms with Crippen LogP contribution in [0.5, 0.6) is 0 Å². The van der Waals surface area contributed by atoms with Crippen LogP contribution in [-0.4, -0.2) is 4.57 Å². The van der Waals surface area contributed by atoms with Crippen molar-refractivity contribution in [3.05, 3.63) is 210 Å². The standard InChI is InChI=1S/C49H31NS2/c1-3-14-32(15-4-1)36-19-13-25-46-48(36)49(39-20-8-11-23-44(39)51-46)40-21-9-12-24-45(40)52-47-31-34(26-28-41(47)49)33-27-29-43-38(30-33)37-18-7-10-22-42(37)50(43)35-16-5-2-6-17-35/h1-31H. The molecule has 11 rings (SSSR count). The van der Waals surface area contributed by atoms with Crippen LogP contribution < -0.4 is 0 Å². The highest BCUT2D eigenvalue weighted by atomic mass is 32.2. The lowest BCUT2D eigenvalue weighted by molar-refractivity contribution is 0.669. The fourth-order valence-corrected chi connectivity index (χ4v) is 11.2. The first-order valence-electron chi connectivity index (χ1n) is 17.8. The molecule has 2 aliphatic heterocycles. The summed E-state index contributed by atoms with van der Waals surface area (Å²) in [7, 11) is 0. The Kier molecular flexibility index (Phi) is 6.70. The second kappa shape index (κ2) is 11.6. The van der Waals surface area contributed by atoms with E-state index in [9.17, 15) is 0 Å². The van der Waals surface area contributed by atoms with Gasteiger partial charge in [-0.1, -0.05) is 157 Å². The minimum absolute atomic E-state index is 0.480. The van der Waals surface area contributed by atoms with E-state index in [0.29, 0.717) is 0 Å². The van der Waals surface area contributed by atoms with Crippen molar-refractivity contribution < 1.29 is 0 Å². The Morgan fingerprint density at radius 1 is 0.365 bits per heavy atom. The van der Waals surface area contributed by atoms with Crippen LogP contribution in [0.3, 0.4) is 0 Å². The predicted molar refractivity (Wildman–Crippen MR) is 218 cm³/mol. The highest BCUT2D eigenvalue weighted by Gasteiger charge is 2.50. The van der Waals surface area contributed by atoms with Gasteiger partial charge in [-0.05, 0) is 99.1 Å². The highest BCUT2D eigenvalue weighted by Crippen LogP contribution is 2.63. The van der Waals surface area contributed by atoms with Gasteiger partial charge in [0.05, 0.1) is 16.4 Å². The quantitative estimate of drug-likeness (QED) is 0.181. The highest BCUT2D eigenvalue weighted by molar-refractivity contribution is 8.00.